The van der Waals surface area contributed by atoms with Crippen molar-refractivity contribution >= 4 is 5.91 Å². The molecule has 1 aromatic rings. The van der Waals surface area contributed by atoms with Gasteiger partial charge in [-0.3, -0.25) is 9.48 Å². The molecule has 1 heterocycles. The van der Waals surface area contributed by atoms with Gasteiger partial charge in [0.05, 0.1) is 12.2 Å². The van der Waals surface area contributed by atoms with Crippen molar-refractivity contribution in [3.05, 3.63) is 18.0 Å². The van der Waals surface area contributed by atoms with E-state index in [0.29, 0.717) is 19.4 Å². The fraction of sp³-hybridized carbons (Fsp3) is 0.600. The highest BCUT2D eigenvalue weighted by Crippen LogP contribution is 1.96. The average molecular weight is 211 g/mol. The maximum atomic E-state index is 11.3. The molecule has 5 nitrogen and oxygen atoms in total. The van der Waals surface area contributed by atoms with Gasteiger partial charge < -0.3 is 10.4 Å². The molecule has 0 saturated heterocycles. The molecule has 1 aromatic heterocycles. The zero-order valence-corrected chi connectivity index (χ0v) is 8.94. The topological polar surface area (TPSA) is 67.2 Å². The van der Waals surface area contributed by atoms with Gasteiger partial charge in [0.2, 0.25) is 5.91 Å². The fourth-order valence-electron chi connectivity index (χ4n) is 1.23. The Morgan fingerprint density at radius 2 is 2.40 bits per heavy atom. The summed E-state index contributed by atoms with van der Waals surface area (Å²) in [4.78, 5) is 11.3. The number of aliphatic hydroxyl groups is 1. The van der Waals surface area contributed by atoms with Gasteiger partial charge in [-0.15, -0.1) is 0 Å². The molecule has 0 aliphatic carbocycles. The van der Waals surface area contributed by atoms with E-state index in [4.69, 9.17) is 5.11 Å². The molecular formula is C10H17N3O2. The summed E-state index contributed by atoms with van der Waals surface area (Å²) >= 11 is 0. The molecule has 84 valence electrons. The van der Waals surface area contributed by atoms with E-state index in [2.05, 4.69) is 10.4 Å². The lowest BCUT2D eigenvalue weighted by molar-refractivity contribution is -0.121. The first-order valence-corrected chi connectivity index (χ1v) is 5.08. The summed E-state index contributed by atoms with van der Waals surface area (Å²) in [6, 6.07) is 1.87. The number of hydrogen-bond donors (Lipinski definition) is 2. The highest BCUT2D eigenvalue weighted by atomic mass is 16.2. The quantitative estimate of drug-likeness (QED) is 0.660. The van der Waals surface area contributed by atoms with Crippen LogP contribution in [0.1, 0.15) is 25.0 Å². The zero-order chi connectivity index (χ0) is 11.1. The molecule has 0 atom stereocenters. The Bertz CT molecular complexity index is 309. The van der Waals surface area contributed by atoms with Crippen molar-refractivity contribution in [3.8, 4) is 0 Å². The minimum Gasteiger partial charge on any atom is -0.396 e. The van der Waals surface area contributed by atoms with E-state index in [1.807, 2.05) is 19.3 Å². The standard InChI is InChI=1S/C10H17N3O2/c1-13-6-5-9(12-13)8-11-10(15)4-2-3-7-14/h5-6,14H,2-4,7-8H2,1H3,(H,11,15). The highest BCUT2D eigenvalue weighted by molar-refractivity contribution is 5.75. The lowest BCUT2D eigenvalue weighted by atomic mass is 10.2. The Labute approximate surface area is 89.1 Å². The normalized spacial score (nSPS) is 10.3. The van der Waals surface area contributed by atoms with Crippen LogP contribution in [0, 0.1) is 0 Å². The maximum Gasteiger partial charge on any atom is 0.220 e. The zero-order valence-electron chi connectivity index (χ0n) is 8.94. The molecule has 5 heteroatoms. The number of aliphatic hydroxyl groups excluding tert-OH is 1. The van der Waals surface area contributed by atoms with E-state index < -0.39 is 0 Å². The molecular weight excluding hydrogens is 194 g/mol. The molecule has 1 rings (SSSR count). The van der Waals surface area contributed by atoms with Crippen LogP contribution in [0.5, 0.6) is 0 Å². The van der Waals surface area contributed by atoms with Crippen molar-refractivity contribution in [1.29, 1.82) is 0 Å². The molecule has 2 N–H and O–H groups in total. The number of aryl methyl sites for hydroxylation is 1. The van der Waals surface area contributed by atoms with E-state index in [0.717, 1.165) is 12.1 Å². The second-order valence-corrected chi connectivity index (χ2v) is 3.44. The van der Waals surface area contributed by atoms with Gasteiger partial charge >= 0.3 is 0 Å². The Morgan fingerprint density at radius 3 is 3.00 bits per heavy atom. The van der Waals surface area contributed by atoms with Crippen molar-refractivity contribution in [1.82, 2.24) is 15.1 Å². The minimum atomic E-state index is 0.00843. The van der Waals surface area contributed by atoms with Crippen molar-refractivity contribution < 1.29 is 9.90 Å². The van der Waals surface area contributed by atoms with Crippen molar-refractivity contribution in [2.75, 3.05) is 6.61 Å². The summed E-state index contributed by atoms with van der Waals surface area (Å²) in [5.74, 6) is 0.00843. The number of nitrogens with one attached hydrogen (secondary N) is 1. The molecule has 0 aliphatic rings. The van der Waals surface area contributed by atoms with E-state index in [-0.39, 0.29) is 12.5 Å². The number of rotatable bonds is 6. The smallest absolute Gasteiger partial charge is 0.220 e. The number of aromatic nitrogens is 2. The molecule has 0 spiro atoms. The van der Waals surface area contributed by atoms with Crippen LogP contribution in [-0.4, -0.2) is 27.4 Å². The largest absolute Gasteiger partial charge is 0.396 e. The van der Waals surface area contributed by atoms with E-state index >= 15 is 0 Å². The Hall–Kier alpha value is -1.36. The van der Waals surface area contributed by atoms with Crippen LogP contribution < -0.4 is 5.32 Å². The van der Waals surface area contributed by atoms with E-state index in [9.17, 15) is 4.79 Å². The third kappa shape index (κ3) is 4.60. The van der Waals surface area contributed by atoms with Crippen LogP contribution >= 0.6 is 0 Å². The Balaban J connectivity index is 2.16. The molecule has 0 bridgehead atoms. The van der Waals surface area contributed by atoms with Gasteiger partial charge in [-0.1, -0.05) is 0 Å². The third-order valence-corrected chi connectivity index (χ3v) is 2.05. The van der Waals surface area contributed by atoms with Gasteiger partial charge in [0, 0.05) is 26.3 Å². The SMILES string of the molecule is Cn1ccc(CNC(=O)CCCCO)n1. The van der Waals surface area contributed by atoms with Gasteiger partial charge in [-0.2, -0.15) is 5.10 Å². The van der Waals surface area contributed by atoms with Crippen LogP contribution in [0.2, 0.25) is 0 Å². The Kier molecular flexibility index (Phi) is 4.83. The maximum absolute atomic E-state index is 11.3. The van der Waals surface area contributed by atoms with Gasteiger partial charge in [0.25, 0.3) is 0 Å². The molecule has 15 heavy (non-hydrogen) atoms. The van der Waals surface area contributed by atoms with Crippen LogP contribution in [0.3, 0.4) is 0 Å². The molecule has 0 radical (unpaired) electrons. The van der Waals surface area contributed by atoms with Crippen molar-refractivity contribution in [2.24, 2.45) is 7.05 Å². The third-order valence-electron chi connectivity index (χ3n) is 2.05. The molecule has 0 fully saturated rings. The summed E-state index contributed by atoms with van der Waals surface area (Å²) in [6.45, 7) is 0.617. The first kappa shape index (κ1) is 11.7. The predicted molar refractivity (Wildman–Crippen MR) is 56.0 cm³/mol. The van der Waals surface area contributed by atoms with Crippen LogP contribution in [0.25, 0.3) is 0 Å². The number of amides is 1. The van der Waals surface area contributed by atoms with Crippen molar-refractivity contribution in [3.63, 3.8) is 0 Å². The number of unbranched alkanes of at least 4 members (excludes halogenated alkanes) is 1. The summed E-state index contributed by atoms with van der Waals surface area (Å²) in [5.41, 5.74) is 0.855. The second-order valence-electron chi connectivity index (χ2n) is 3.44. The predicted octanol–water partition coefficient (Wildman–Crippen LogP) is 0.199. The first-order chi connectivity index (χ1) is 7.22. The lowest BCUT2D eigenvalue weighted by Crippen LogP contribution is -2.22. The van der Waals surface area contributed by atoms with Crippen molar-refractivity contribution in [2.45, 2.75) is 25.8 Å². The lowest BCUT2D eigenvalue weighted by Gasteiger charge is -2.02. The monoisotopic (exact) mass is 211 g/mol. The Morgan fingerprint density at radius 1 is 1.60 bits per heavy atom. The summed E-state index contributed by atoms with van der Waals surface area (Å²) in [6.07, 6.45) is 3.71. The van der Waals surface area contributed by atoms with Crippen LogP contribution in [0.15, 0.2) is 12.3 Å². The summed E-state index contributed by atoms with van der Waals surface area (Å²) < 4.78 is 1.70. The number of carbonyl (C=O) groups excluding carboxylic acids is 1. The van der Waals surface area contributed by atoms with Gasteiger partial charge in [-0.25, -0.2) is 0 Å². The van der Waals surface area contributed by atoms with Gasteiger partial charge in [0.1, 0.15) is 0 Å². The number of carbonyl (C=O) groups is 1. The van der Waals surface area contributed by atoms with Crippen LogP contribution in [-0.2, 0) is 18.4 Å². The van der Waals surface area contributed by atoms with Gasteiger partial charge in [0.15, 0.2) is 0 Å². The van der Waals surface area contributed by atoms with E-state index in [1.54, 1.807) is 4.68 Å². The second kappa shape index (κ2) is 6.19. The first-order valence-electron chi connectivity index (χ1n) is 5.08. The summed E-state index contributed by atoms with van der Waals surface area (Å²) in [5, 5.41) is 15.5. The van der Waals surface area contributed by atoms with Crippen LogP contribution in [0.4, 0.5) is 0 Å². The van der Waals surface area contributed by atoms with E-state index in [1.165, 1.54) is 0 Å². The molecule has 0 aromatic carbocycles. The molecule has 1 amide bonds. The molecule has 0 saturated carbocycles. The average Bonchev–Trinajstić information content (AvgIpc) is 2.62. The number of nitrogens with zero attached hydrogens (tertiary/aromatic N) is 2. The molecule has 0 unspecified atom stereocenters. The number of hydrogen-bond acceptors (Lipinski definition) is 3. The van der Waals surface area contributed by atoms with Gasteiger partial charge in [-0.05, 0) is 18.9 Å². The molecule has 0 aliphatic heterocycles. The summed E-state index contributed by atoms with van der Waals surface area (Å²) in [7, 11) is 1.84. The minimum absolute atomic E-state index is 0.00843. The highest BCUT2D eigenvalue weighted by Gasteiger charge is 2.02. The fourth-order valence-corrected chi connectivity index (χ4v) is 1.23.